The Morgan fingerprint density at radius 3 is 2.88 bits per heavy atom. The highest BCUT2D eigenvalue weighted by molar-refractivity contribution is 5.76. The van der Waals surface area contributed by atoms with Gasteiger partial charge in [-0.1, -0.05) is 0 Å². The zero-order valence-electron chi connectivity index (χ0n) is 14.8. The lowest BCUT2D eigenvalue weighted by atomic mass is 9.75. The molecule has 0 amide bonds. The van der Waals surface area contributed by atoms with E-state index in [-0.39, 0.29) is 5.92 Å². The zero-order valence-corrected chi connectivity index (χ0v) is 14.8. The third kappa shape index (κ3) is 3.66. The Balaban J connectivity index is 1.70. The molecule has 1 N–H and O–H groups in total. The van der Waals surface area contributed by atoms with Gasteiger partial charge in [-0.15, -0.1) is 0 Å². The molecule has 3 rings (SSSR count). The van der Waals surface area contributed by atoms with Crippen LogP contribution < -0.4 is 0 Å². The first-order chi connectivity index (χ1) is 11.5. The predicted molar refractivity (Wildman–Crippen MR) is 91.8 cm³/mol. The minimum atomic E-state index is -0.611. The average Bonchev–Trinajstić information content (AvgIpc) is 3.11. The van der Waals surface area contributed by atoms with Crippen molar-refractivity contribution in [3.63, 3.8) is 0 Å². The number of furan rings is 1. The van der Waals surface area contributed by atoms with Gasteiger partial charge in [-0.25, -0.2) is 0 Å². The highest BCUT2D eigenvalue weighted by Crippen LogP contribution is 2.43. The number of likely N-dealkylation sites (tertiary alicyclic amines) is 2. The molecular weight excluding hydrogens is 306 g/mol. The van der Waals surface area contributed by atoms with Gasteiger partial charge in [-0.3, -0.25) is 9.69 Å². The lowest BCUT2D eigenvalue weighted by molar-refractivity contribution is -0.151. The minimum absolute atomic E-state index is 0.189. The van der Waals surface area contributed by atoms with Gasteiger partial charge in [-0.05, 0) is 45.6 Å². The number of carboxylic acids is 1. The fourth-order valence-corrected chi connectivity index (χ4v) is 4.24. The maximum atomic E-state index is 12.1. The fraction of sp³-hybridized carbons (Fsp3) is 0.722. The quantitative estimate of drug-likeness (QED) is 0.849. The van der Waals surface area contributed by atoms with Gasteiger partial charge >= 0.3 is 5.97 Å². The van der Waals surface area contributed by atoms with E-state index in [1.807, 2.05) is 12.1 Å². The van der Waals surface area contributed by atoms with Crippen LogP contribution in [0.15, 0.2) is 22.8 Å². The molecule has 0 radical (unpaired) electrons. The molecule has 2 saturated heterocycles. The van der Waals surface area contributed by atoms with E-state index in [0.29, 0.717) is 6.54 Å². The largest absolute Gasteiger partial charge is 0.481 e. The third-order valence-electron chi connectivity index (χ3n) is 5.59. The van der Waals surface area contributed by atoms with E-state index in [4.69, 9.17) is 4.42 Å². The zero-order chi connectivity index (χ0) is 17.2. The predicted octanol–water partition coefficient (Wildman–Crippen LogP) is 1.44. The Bertz CT molecular complexity index is 546. The summed E-state index contributed by atoms with van der Waals surface area (Å²) < 4.78 is 5.47. The monoisotopic (exact) mass is 335 g/mol. The first-order valence-corrected chi connectivity index (χ1v) is 8.85. The summed E-state index contributed by atoms with van der Waals surface area (Å²) in [7, 11) is 4.12. The Kier molecular flexibility index (Phi) is 5.27. The minimum Gasteiger partial charge on any atom is -0.481 e. The Morgan fingerprint density at radius 2 is 2.21 bits per heavy atom. The van der Waals surface area contributed by atoms with Crippen LogP contribution in [0.2, 0.25) is 0 Å². The summed E-state index contributed by atoms with van der Waals surface area (Å²) in [6.45, 7) is 6.05. The Hall–Kier alpha value is -1.37. The molecule has 2 aliphatic heterocycles. The smallest absolute Gasteiger partial charge is 0.311 e. The van der Waals surface area contributed by atoms with Gasteiger partial charge in [0.15, 0.2) is 0 Å². The van der Waals surface area contributed by atoms with Crippen LogP contribution in [0.1, 0.15) is 18.6 Å². The van der Waals surface area contributed by atoms with Crippen LogP contribution in [-0.4, -0.2) is 79.1 Å². The molecular formula is C18H29N3O3. The fourth-order valence-electron chi connectivity index (χ4n) is 4.24. The molecule has 6 heteroatoms. The second-order valence-corrected chi connectivity index (χ2v) is 7.61. The summed E-state index contributed by atoms with van der Waals surface area (Å²) in [5.74, 6) is 0.537. The van der Waals surface area contributed by atoms with Crippen LogP contribution >= 0.6 is 0 Å². The van der Waals surface area contributed by atoms with Crippen LogP contribution in [0.3, 0.4) is 0 Å². The number of hydrogen-bond donors (Lipinski definition) is 1. The second kappa shape index (κ2) is 7.25. The highest BCUT2D eigenvalue weighted by atomic mass is 16.4. The molecule has 2 fully saturated rings. The van der Waals surface area contributed by atoms with Crippen molar-refractivity contribution in [2.75, 3.05) is 53.4 Å². The highest BCUT2D eigenvalue weighted by Gasteiger charge is 2.53. The number of likely N-dealkylation sites (N-methyl/N-ethyl adjacent to an activating group) is 1. The molecule has 1 aromatic rings. The third-order valence-corrected chi connectivity index (χ3v) is 5.59. The first-order valence-electron chi connectivity index (χ1n) is 8.85. The molecule has 0 aliphatic carbocycles. The molecule has 2 aliphatic rings. The van der Waals surface area contributed by atoms with Crippen LogP contribution in [-0.2, 0) is 11.3 Å². The number of carboxylic acid groups (broad SMARTS) is 1. The topological polar surface area (TPSA) is 60.2 Å². The van der Waals surface area contributed by atoms with Gasteiger partial charge in [0, 0.05) is 38.6 Å². The van der Waals surface area contributed by atoms with Crippen molar-refractivity contribution in [2.45, 2.75) is 19.4 Å². The van der Waals surface area contributed by atoms with Crippen molar-refractivity contribution >= 4 is 5.97 Å². The van der Waals surface area contributed by atoms with Gasteiger partial charge < -0.3 is 19.3 Å². The molecule has 3 heterocycles. The number of carbonyl (C=O) groups is 1. The molecule has 134 valence electrons. The van der Waals surface area contributed by atoms with Gasteiger partial charge in [0.25, 0.3) is 0 Å². The lowest BCUT2D eigenvalue weighted by Crippen LogP contribution is -2.41. The summed E-state index contributed by atoms with van der Waals surface area (Å²) in [4.78, 5) is 19.0. The summed E-state index contributed by atoms with van der Waals surface area (Å²) >= 11 is 0. The van der Waals surface area contributed by atoms with E-state index in [1.54, 1.807) is 6.26 Å². The van der Waals surface area contributed by atoms with Gasteiger partial charge in [0.1, 0.15) is 5.76 Å². The van der Waals surface area contributed by atoms with E-state index in [2.05, 4.69) is 28.8 Å². The van der Waals surface area contributed by atoms with E-state index < -0.39 is 11.4 Å². The van der Waals surface area contributed by atoms with E-state index in [0.717, 1.165) is 57.9 Å². The normalized spacial score (nSPS) is 28.9. The summed E-state index contributed by atoms with van der Waals surface area (Å²) in [5, 5.41) is 9.99. The number of rotatable bonds is 6. The van der Waals surface area contributed by atoms with Crippen molar-refractivity contribution in [1.82, 2.24) is 14.7 Å². The summed E-state index contributed by atoms with van der Waals surface area (Å²) in [6, 6.07) is 3.90. The average molecular weight is 335 g/mol. The van der Waals surface area contributed by atoms with Crippen molar-refractivity contribution < 1.29 is 14.3 Å². The SMILES string of the molecule is CN(C)CCN1C[C@H]2CN(Cc3ccco3)CCC[C@@]2(C(=O)O)C1. The summed E-state index contributed by atoms with van der Waals surface area (Å²) in [6.07, 6.45) is 3.42. The van der Waals surface area contributed by atoms with Crippen molar-refractivity contribution in [3.05, 3.63) is 24.2 Å². The number of hydrogen-bond acceptors (Lipinski definition) is 5. The molecule has 2 atom stereocenters. The number of nitrogens with zero attached hydrogens (tertiary/aromatic N) is 3. The van der Waals surface area contributed by atoms with Gasteiger partial charge in [0.05, 0.1) is 18.2 Å². The molecule has 24 heavy (non-hydrogen) atoms. The Morgan fingerprint density at radius 1 is 1.42 bits per heavy atom. The number of aliphatic carboxylic acids is 1. The van der Waals surface area contributed by atoms with Crippen molar-refractivity contribution in [1.29, 1.82) is 0 Å². The van der Waals surface area contributed by atoms with Crippen LogP contribution in [0.25, 0.3) is 0 Å². The van der Waals surface area contributed by atoms with E-state index >= 15 is 0 Å². The maximum absolute atomic E-state index is 12.1. The Labute approximate surface area is 144 Å². The maximum Gasteiger partial charge on any atom is 0.311 e. The molecule has 0 aromatic carbocycles. The van der Waals surface area contributed by atoms with Crippen molar-refractivity contribution in [2.24, 2.45) is 11.3 Å². The van der Waals surface area contributed by atoms with E-state index in [1.165, 1.54) is 0 Å². The van der Waals surface area contributed by atoms with Crippen molar-refractivity contribution in [3.8, 4) is 0 Å². The van der Waals surface area contributed by atoms with E-state index in [9.17, 15) is 9.90 Å². The van der Waals surface area contributed by atoms with Crippen LogP contribution in [0, 0.1) is 11.3 Å². The van der Waals surface area contributed by atoms with Gasteiger partial charge in [0.2, 0.25) is 0 Å². The standard InChI is InChI=1S/C18H29N3O3/c1-19(2)8-9-21-12-15-11-20(13-16-5-3-10-24-16)7-4-6-18(15,14-21)17(22)23/h3,5,10,15H,4,6-9,11-14H2,1-2H3,(H,22,23)/t15-,18-/m1/s1. The molecule has 6 nitrogen and oxygen atoms in total. The molecule has 0 spiro atoms. The number of fused-ring (bicyclic) bond motifs is 1. The molecule has 0 unspecified atom stereocenters. The van der Waals surface area contributed by atoms with Crippen LogP contribution in [0.5, 0.6) is 0 Å². The second-order valence-electron chi connectivity index (χ2n) is 7.61. The summed E-state index contributed by atoms with van der Waals surface area (Å²) in [5.41, 5.74) is -0.579. The first kappa shape index (κ1) is 17.5. The molecule has 0 saturated carbocycles. The van der Waals surface area contributed by atoms with Gasteiger partial charge in [-0.2, -0.15) is 0 Å². The van der Waals surface area contributed by atoms with Crippen LogP contribution in [0.4, 0.5) is 0 Å². The molecule has 0 bridgehead atoms. The lowest BCUT2D eigenvalue weighted by Gasteiger charge is -2.29. The molecule has 1 aromatic heterocycles.